The third kappa shape index (κ3) is 1.91. The van der Waals surface area contributed by atoms with E-state index in [4.69, 9.17) is 10.8 Å². The molecule has 0 bridgehead atoms. The van der Waals surface area contributed by atoms with Gasteiger partial charge in [-0.15, -0.1) is 0 Å². The quantitative estimate of drug-likeness (QED) is 0.778. The molecule has 0 aliphatic heterocycles. The van der Waals surface area contributed by atoms with E-state index < -0.39 is 17.7 Å². The molecular formula is C10H13F2NO. The van der Waals surface area contributed by atoms with Crippen LogP contribution in [0.4, 0.5) is 8.78 Å². The summed E-state index contributed by atoms with van der Waals surface area (Å²) in [5.74, 6) is -1.75. The second kappa shape index (κ2) is 4.48. The zero-order valence-corrected chi connectivity index (χ0v) is 7.93. The zero-order valence-electron chi connectivity index (χ0n) is 7.93. The summed E-state index contributed by atoms with van der Waals surface area (Å²) in [6.07, 6.45) is 0.354. The highest BCUT2D eigenvalue weighted by molar-refractivity contribution is 5.32. The first-order valence-corrected chi connectivity index (χ1v) is 4.45. The van der Waals surface area contributed by atoms with Gasteiger partial charge in [0.25, 0.3) is 0 Å². The fourth-order valence-corrected chi connectivity index (χ4v) is 1.41. The van der Waals surface area contributed by atoms with Gasteiger partial charge in [0.1, 0.15) is 0 Å². The Kier molecular flexibility index (Phi) is 3.55. The SMILES string of the molecule is CCc1c([C@@H](N)CO)ccc(F)c1F. The van der Waals surface area contributed by atoms with E-state index in [0.717, 1.165) is 6.07 Å². The van der Waals surface area contributed by atoms with Gasteiger partial charge in [0.2, 0.25) is 0 Å². The number of hydrogen-bond acceptors (Lipinski definition) is 2. The van der Waals surface area contributed by atoms with Crippen LogP contribution in [0, 0.1) is 11.6 Å². The lowest BCUT2D eigenvalue weighted by molar-refractivity contribution is 0.267. The fourth-order valence-electron chi connectivity index (χ4n) is 1.41. The van der Waals surface area contributed by atoms with Crippen molar-refractivity contribution >= 4 is 0 Å². The van der Waals surface area contributed by atoms with Gasteiger partial charge < -0.3 is 10.8 Å². The standard InChI is InChI=1S/C10H13F2NO/c1-2-6-7(9(13)5-14)3-4-8(11)10(6)12/h3-4,9,14H,2,5,13H2,1H3/t9-/m0/s1. The first-order chi connectivity index (χ1) is 6.61. The molecule has 1 rings (SSSR count). The van der Waals surface area contributed by atoms with Crippen LogP contribution in [-0.4, -0.2) is 11.7 Å². The minimum absolute atomic E-state index is 0.242. The molecule has 0 aromatic heterocycles. The van der Waals surface area contributed by atoms with Gasteiger partial charge in [0, 0.05) is 0 Å². The molecule has 1 aromatic carbocycles. The number of rotatable bonds is 3. The first kappa shape index (κ1) is 11.1. The van der Waals surface area contributed by atoms with Crippen molar-refractivity contribution in [2.24, 2.45) is 5.73 Å². The van der Waals surface area contributed by atoms with Gasteiger partial charge in [-0.25, -0.2) is 8.78 Å². The fraction of sp³-hybridized carbons (Fsp3) is 0.400. The molecule has 14 heavy (non-hydrogen) atoms. The van der Waals surface area contributed by atoms with Crippen LogP contribution in [0.1, 0.15) is 24.1 Å². The van der Waals surface area contributed by atoms with Gasteiger partial charge in [0.15, 0.2) is 11.6 Å². The van der Waals surface area contributed by atoms with Gasteiger partial charge in [-0.05, 0) is 23.6 Å². The van der Waals surface area contributed by atoms with E-state index in [1.165, 1.54) is 6.07 Å². The van der Waals surface area contributed by atoms with E-state index in [9.17, 15) is 8.78 Å². The van der Waals surface area contributed by atoms with E-state index in [1.807, 2.05) is 0 Å². The molecule has 4 heteroatoms. The van der Waals surface area contributed by atoms with Gasteiger partial charge in [0.05, 0.1) is 12.6 Å². The minimum atomic E-state index is -0.879. The van der Waals surface area contributed by atoms with Crippen LogP contribution in [-0.2, 0) is 6.42 Å². The number of nitrogens with two attached hydrogens (primary N) is 1. The molecular weight excluding hydrogens is 188 g/mol. The van der Waals surface area contributed by atoms with Crippen LogP contribution in [0.5, 0.6) is 0 Å². The van der Waals surface area contributed by atoms with Crippen molar-refractivity contribution in [3.8, 4) is 0 Å². The number of aliphatic hydroxyl groups excluding tert-OH is 1. The van der Waals surface area contributed by atoms with Crippen molar-refractivity contribution in [1.29, 1.82) is 0 Å². The van der Waals surface area contributed by atoms with Crippen LogP contribution < -0.4 is 5.73 Å². The molecule has 0 unspecified atom stereocenters. The van der Waals surface area contributed by atoms with Gasteiger partial charge >= 0.3 is 0 Å². The summed E-state index contributed by atoms with van der Waals surface area (Å²) in [6.45, 7) is 1.43. The Labute approximate surface area is 81.4 Å². The normalized spacial score (nSPS) is 12.9. The van der Waals surface area contributed by atoms with Crippen molar-refractivity contribution in [1.82, 2.24) is 0 Å². The van der Waals surface area contributed by atoms with Crippen molar-refractivity contribution in [2.45, 2.75) is 19.4 Å². The van der Waals surface area contributed by atoms with Crippen LogP contribution in [0.25, 0.3) is 0 Å². The lowest BCUT2D eigenvalue weighted by atomic mass is 9.99. The van der Waals surface area contributed by atoms with E-state index >= 15 is 0 Å². The average molecular weight is 201 g/mol. The molecule has 78 valence electrons. The second-order valence-corrected chi connectivity index (χ2v) is 3.07. The smallest absolute Gasteiger partial charge is 0.162 e. The summed E-state index contributed by atoms with van der Waals surface area (Å²) >= 11 is 0. The molecule has 0 spiro atoms. The Bertz CT molecular complexity index is 328. The molecule has 0 amide bonds. The minimum Gasteiger partial charge on any atom is -0.394 e. The van der Waals surface area contributed by atoms with Crippen LogP contribution in [0.2, 0.25) is 0 Å². The molecule has 1 aromatic rings. The van der Waals surface area contributed by atoms with Crippen LogP contribution in [0.3, 0.4) is 0 Å². The summed E-state index contributed by atoms with van der Waals surface area (Å²) in [7, 11) is 0. The van der Waals surface area contributed by atoms with Crippen LogP contribution >= 0.6 is 0 Å². The van der Waals surface area contributed by atoms with Crippen molar-refractivity contribution in [2.75, 3.05) is 6.61 Å². The van der Waals surface area contributed by atoms with E-state index in [2.05, 4.69) is 0 Å². The largest absolute Gasteiger partial charge is 0.394 e. The van der Waals surface area contributed by atoms with Gasteiger partial charge in [-0.3, -0.25) is 0 Å². The van der Waals surface area contributed by atoms with Crippen molar-refractivity contribution in [3.05, 3.63) is 34.9 Å². The summed E-state index contributed by atoms with van der Waals surface area (Å²) in [4.78, 5) is 0. The highest BCUT2D eigenvalue weighted by atomic mass is 19.2. The summed E-state index contributed by atoms with van der Waals surface area (Å²) in [6, 6.07) is 1.79. The topological polar surface area (TPSA) is 46.2 Å². The molecule has 0 saturated carbocycles. The maximum atomic E-state index is 13.2. The third-order valence-electron chi connectivity index (χ3n) is 2.18. The molecule has 0 radical (unpaired) electrons. The number of halogens is 2. The maximum Gasteiger partial charge on any atom is 0.162 e. The predicted molar refractivity (Wildman–Crippen MR) is 49.8 cm³/mol. The molecule has 0 fully saturated rings. The van der Waals surface area contributed by atoms with Crippen molar-refractivity contribution in [3.63, 3.8) is 0 Å². The number of hydrogen-bond donors (Lipinski definition) is 2. The third-order valence-corrected chi connectivity index (χ3v) is 2.18. The molecule has 1 atom stereocenters. The highest BCUT2D eigenvalue weighted by Gasteiger charge is 2.15. The van der Waals surface area contributed by atoms with E-state index in [0.29, 0.717) is 12.0 Å². The Morgan fingerprint density at radius 3 is 2.57 bits per heavy atom. The van der Waals surface area contributed by atoms with Gasteiger partial charge in [-0.1, -0.05) is 13.0 Å². The summed E-state index contributed by atoms with van der Waals surface area (Å²) in [5, 5.41) is 8.83. The van der Waals surface area contributed by atoms with E-state index in [-0.39, 0.29) is 12.2 Å². The molecule has 0 saturated heterocycles. The Morgan fingerprint density at radius 2 is 2.07 bits per heavy atom. The zero-order chi connectivity index (χ0) is 10.7. The molecule has 0 aliphatic rings. The highest BCUT2D eigenvalue weighted by Crippen LogP contribution is 2.21. The predicted octanol–water partition coefficient (Wildman–Crippen LogP) is 1.52. The average Bonchev–Trinajstić information content (AvgIpc) is 2.20. The maximum absolute atomic E-state index is 13.2. The Morgan fingerprint density at radius 1 is 1.43 bits per heavy atom. The summed E-state index contributed by atoms with van der Waals surface area (Å²) in [5.41, 5.74) is 6.26. The van der Waals surface area contributed by atoms with Crippen molar-refractivity contribution < 1.29 is 13.9 Å². The van der Waals surface area contributed by atoms with Crippen LogP contribution in [0.15, 0.2) is 12.1 Å². The molecule has 3 N–H and O–H groups in total. The summed E-state index contributed by atoms with van der Waals surface area (Å²) < 4.78 is 26.1. The van der Waals surface area contributed by atoms with Gasteiger partial charge in [-0.2, -0.15) is 0 Å². The Hall–Kier alpha value is -1.00. The monoisotopic (exact) mass is 201 g/mol. The number of benzene rings is 1. The molecule has 2 nitrogen and oxygen atoms in total. The number of aliphatic hydroxyl groups is 1. The lowest BCUT2D eigenvalue weighted by Gasteiger charge is -2.14. The second-order valence-electron chi connectivity index (χ2n) is 3.07. The molecule has 0 heterocycles. The first-order valence-electron chi connectivity index (χ1n) is 4.45. The Balaban J connectivity index is 3.23. The molecule has 0 aliphatic carbocycles. The van der Waals surface area contributed by atoms with E-state index in [1.54, 1.807) is 6.92 Å². The lowest BCUT2D eigenvalue weighted by Crippen LogP contribution is -2.17.